The van der Waals surface area contributed by atoms with Crippen LogP contribution < -0.4 is 11.1 Å². The quantitative estimate of drug-likeness (QED) is 0.438. The lowest BCUT2D eigenvalue weighted by atomic mass is 9.55. The third kappa shape index (κ3) is 5.68. The maximum atomic E-state index is 5.86. The highest BCUT2D eigenvalue weighted by Crippen LogP contribution is 2.56. The van der Waals surface area contributed by atoms with E-state index in [-0.39, 0.29) is 0 Å². The number of nitrogens with one attached hydrogen (secondary N) is 1. The Morgan fingerprint density at radius 2 is 1.90 bits per heavy atom. The van der Waals surface area contributed by atoms with Gasteiger partial charge >= 0.3 is 0 Å². The molecule has 0 heterocycles. The van der Waals surface area contributed by atoms with Gasteiger partial charge in [0.25, 0.3) is 0 Å². The molecule has 3 aliphatic carbocycles. The summed E-state index contributed by atoms with van der Waals surface area (Å²) in [4.78, 5) is 1.11. The Morgan fingerprint density at radius 1 is 1.13 bits per heavy atom. The summed E-state index contributed by atoms with van der Waals surface area (Å²) in [5.74, 6) is 3.64. The molecule has 4 unspecified atom stereocenters. The lowest BCUT2D eigenvalue weighted by Crippen LogP contribution is -2.47. The maximum Gasteiger partial charge on any atom is 0.0755 e. The molecule has 2 nitrogen and oxygen atoms in total. The van der Waals surface area contributed by atoms with Crippen molar-refractivity contribution in [2.75, 3.05) is 12.3 Å². The van der Waals surface area contributed by atoms with Crippen LogP contribution in [0.15, 0.2) is 30.3 Å². The lowest BCUT2D eigenvalue weighted by molar-refractivity contribution is 0.106. The van der Waals surface area contributed by atoms with Crippen LogP contribution in [-0.4, -0.2) is 28.6 Å². The van der Waals surface area contributed by atoms with E-state index in [9.17, 15) is 0 Å². The fourth-order valence-corrected chi connectivity index (χ4v) is 8.62. The fraction of sp³-hybridized carbons (Fsp3) is 0.741. The predicted molar refractivity (Wildman–Crippen MR) is 140 cm³/mol. The van der Waals surface area contributed by atoms with Crippen LogP contribution in [0.25, 0.3) is 0 Å². The van der Waals surface area contributed by atoms with Gasteiger partial charge in [0.1, 0.15) is 0 Å². The molecule has 3 aliphatic rings. The largest absolute Gasteiger partial charge is 0.377 e. The minimum Gasteiger partial charge on any atom is -0.377 e. The molecule has 3 fully saturated rings. The number of thioether (sulfide) groups is 1. The number of hydrogen-bond donors (Lipinski definition) is 2. The molecule has 2 bridgehead atoms. The summed E-state index contributed by atoms with van der Waals surface area (Å²) >= 11 is 8.08. The Hall–Kier alpha value is -0.580. The Bertz CT molecular complexity index is 700. The van der Waals surface area contributed by atoms with Gasteiger partial charge in [-0.05, 0) is 105 Å². The van der Waals surface area contributed by atoms with Crippen LogP contribution in [0.4, 0.5) is 0 Å². The first kappa shape index (κ1) is 23.6. The van der Waals surface area contributed by atoms with Gasteiger partial charge in [0, 0.05) is 11.3 Å². The molecule has 4 rings (SSSR count). The van der Waals surface area contributed by atoms with Crippen LogP contribution in [-0.2, 0) is 5.41 Å². The second-order valence-corrected chi connectivity index (χ2v) is 12.4. The van der Waals surface area contributed by atoms with Crippen molar-refractivity contribution in [1.82, 2.24) is 5.32 Å². The van der Waals surface area contributed by atoms with Gasteiger partial charge < -0.3 is 11.1 Å². The summed E-state index contributed by atoms with van der Waals surface area (Å²) in [6.45, 7) is 3.19. The predicted octanol–water partition coefficient (Wildman–Crippen LogP) is 6.47. The third-order valence-corrected chi connectivity index (χ3v) is 10.3. The van der Waals surface area contributed by atoms with Gasteiger partial charge in [-0.3, -0.25) is 0 Å². The van der Waals surface area contributed by atoms with E-state index in [1.165, 1.54) is 70.0 Å². The molecule has 172 valence electrons. The zero-order valence-corrected chi connectivity index (χ0v) is 21.0. The third-order valence-electron chi connectivity index (χ3n) is 8.50. The first-order chi connectivity index (χ1) is 15.1. The summed E-state index contributed by atoms with van der Waals surface area (Å²) < 4.78 is 0. The van der Waals surface area contributed by atoms with Crippen LogP contribution in [0.2, 0.25) is 0 Å². The van der Waals surface area contributed by atoms with E-state index in [2.05, 4.69) is 54.3 Å². The molecule has 4 heteroatoms. The van der Waals surface area contributed by atoms with Gasteiger partial charge in [0.2, 0.25) is 0 Å². The molecule has 0 spiro atoms. The van der Waals surface area contributed by atoms with E-state index in [1.54, 1.807) is 5.56 Å². The second kappa shape index (κ2) is 11.0. The van der Waals surface area contributed by atoms with Crippen molar-refractivity contribution in [1.29, 1.82) is 0 Å². The fourth-order valence-electron chi connectivity index (χ4n) is 6.94. The first-order valence-electron chi connectivity index (χ1n) is 12.8. The number of rotatable bonds is 8. The van der Waals surface area contributed by atoms with E-state index in [4.69, 9.17) is 18.0 Å². The summed E-state index contributed by atoms with van der Waals surface area (Å²) in [5, 5.41) is 4.55. The van der Waals surface area contributed by atoms with Crippen molar-refractivity contribution < 1.29 is 0 Å². The number of thiocarbonyl (C=S) groups is 1. The van der Waals surface area contributed by atoms with E-state index in [1.807, 2.05) is 0 Å². The standard InChI is InChI=1S/C27H42N2S2/c1-2-31-26-21-7-6-16-27(17-21,23-8-4-3-5-9-23)18-22(26)12-15-25(30)29-24-13-10-20(19-28)11-14-24/h3-5,8-9,20-22,24,26H,2,6-7,10-19,28H2,1H3,(H,29,30)/t20-,21?,22?,24-,26?,27?. The molecule has 3 N–H and O–H groups in total. The Labute approximate surface area is 199 Å². The average molecular weight is 459 g/mol. The summed E-state index contributed by atoms with van der Waals surface area (Å²) in [6.07, 6.45) is 14.3. The molecular formula is C27H42N2S2. The van der Waals surface area contributed by atoms with Crippen molar-refractivity contribution in [3.63, 3.8) is 0 Å². The van der Waals surface area contributed by atoms with Gasteiger partial charge in [-0.1, -0.05) is 55.9 Å². The topological polar surface area (TPSA) is 38.0 Å². The number of nitrogens with two attached hydrogens (primary N) is 1. The highest BCUT2D eigenvalue weighted by atomic mass is 32.2. The first-order valence-corrected chi connectivity index (χ1v) is 14.3. The Morgan fingerprint density at radius 3 is 2.61 bits per heavy atom. The smallest absolute Gasteiger partial charge is 0.0755 e. The van der Waals surface area contributed by atoms with Crippen LogP contribution in [0.3, 0.4) is 0 Å². The molecule has 0 aliphatic heterocycles. The molecule has 31 heavy (non-hydrogen) atoms. The molecule has 0 radical (unpaired) electrons. The lowest BCUT2D eigenvalue weighted by Gasteiger charge is -2.53. The molecule has 0 amide bonds. The molecule has 1 aromatic carbocycles. The van der Waals surface area contributed by atoms with Gasteiger partial charge in [0.05, 0.1) is 4.99 Å². The number of fused-ring (bicyclic) bond motifs is 2. The molecule has 1 aromatic rings. The SMILES string of the molecule is CCSC1C2CCCC(c3ccccc3)(C2)CC1CCC(=S)N[C@H]1CC[C@H](CN)CC1. The van der Waals surface area contributed by atoms with E-state index in [0.29, 0.717) is 11.5 Å². The maximum absolute atomic E-state index is 5.86. The summed E-state index contributed by atoms with van der Waals surface area (Å²) in [6, 6.07) is 12.0. The second-order valence-electron chi connectivity index (χ2n) is 10.4. The van der Waals surface area contributed by atoms with Crippen molar-refractivity contribution >= 4 is 29.0 Å². The zero-order chi connectivity index (χ0) is 21.7. The van der Waals surface area contributed by atoms with Crippen LogP contribution >= 0.6 is 24.0 Å². The van der Waals surface area contributed by atoms with Crippen LogP contribution in [0, 0.1) is 17.8 Å². The van der Waals surface area contributed by atoms with Gasteiger partial charge in [-0.15, -0.1) is 0 Å². The molecule has 0 saturated heterocycles. The van der Waals surface area contributed by atoms with Crippen molar-refractivity contribution in [3.8, 4) is 0 Å². The van der Waals surface area contributed by atoms with Crippen LogP contribution in [0.5, 0.6) is 0 Å². The van der Waals surface area contributed by atoms with Gasteiger partial charge in [0.15, 0.2) is 0 Å². The van der Waals surface area contributed by atoms with Gasteiger partial charge in [-0.25, -0.2) is 0 Å². The van der Waals surface area contributed by atoms with Crippen molar-refractivity contribution in [2.45, 2.75) is 94.3 Å². The number of hydrogen-bond acceptors (Lipinski definition) is 3. The molecular weight excluding hydrogens is 416 g/mol. The van der Waals surface area contributed by atoms with Crippen molar-refractivity contribution in [2.24, 2.45) is 23.5 Å². The normalized spacial score (nSPS) is 35.5. The number of benzene rings is 1. The average Bonchev–Trinajstić information content (AvgIpc) is 2.81. The minimum absolute atomic E-state index is 0.412. The summed E-state index contributed by atoms with van der Waals surface area (Å²) in [7, 11) is 0. The summed E-state index contributed by atoms with van der Waals surface area (Å²) in [5.41, 5.74) is 7.87. The van der Waals surface area contributed by atoms with Crippen LogP contribution in [0.1, 0.15) is 83.1 Å². The highest BCUT2D eigenvalue weighted by Gasteiger charge is 2.48. The molecule has 3 saturated carbocycles. The molecule has 4 atom stereocenters. The van der Waals surface area contributed by atoms with E-state index in [0.717, 1.165) is 41.0 Å². The molecule has 0 aromatic heterocycles. The van der Waals surface area contributed by atoms with Crippen molar-refractivity contribution in [3.05, 3.63) is 35.9 Å². The Balaban J connectivity index is 1.39. The van der Waals surface area contributed by atoms with E-state index >= 15 is 0 Å². The monoisotopic (exact) mass is 458 g/mol. The van der Waals surface area contributed by atoms with E-state index < -0.39 is 0 Å². The zero-order valence-electron chi connectivity index (χ0n) is 19.4. The Kier molecular flexibility index (Phi) is 8.39. The highest BCUT2D eigenvalue weighted by molar-refractivity contribution is 7.99. The minimum atomic E-state index is 0.412. The van der Waals surface area contributed by atoms with Gasteiger partial charge in [-0.2, -0.15) is 11.8 Å².